The van der Waals surface area contributed by atoms with Crippen molar-refractivity contribution in [3.8, 4) is 0 Å². The normalized spacial score (nSPS) is 10.1. The molecule has 0 bridgehead atoms. The molecule has 7 nitrogen and oxygen atoms in total. The van der Waals surface area contributed by atoms with Crippen molar-refractivity contribution in [3.05, 3.63) is 72.7 Å². The molecule has 0 heterocycles. The molecule has 0 aliphatic rings. The fraction of sp³-hybridized carbons (Fsp3) is 0. The van der Waals surface area contributed by atoms with Gasteiger partial charge in [-0.05, 0) is 24.3 Å². The lowest BCUT2D eigenvalue weighted by molar-refractivity contribution is -0.384. The molecule has 0 radical (unpaired) electrons. The molecule has 0 unspecified atom stereocenters. The minimum absolute atomic E-state index is 0.00635. The van der Waals surface area contributed by atoms with E-state index >= 15 is 0 Å². The van der Waals surface area contributed by atoms with Crippen molar-refractivity contribution in [1.82, 2.24) is 10.9 Å². The van der Waals surface area contributed by atoms with E-state index in [1.165, 1.54) is 24.3 Å². The fourth-order valence-corrected chi connectivity index (χ4v) is 2.30. The number of hydrogen-bond donors (Lipinski definition) is 2. The molecule has 2 rings (SSSR count). The standard InChI is InChI=1S/C14H8Cl3N3O4/c15-7-1-3-11(16)9(5-7)13(21)18-19-14(22)10-6-8(20(23)24)2-4-12(10)17/h1-6H,(H,18,21)(H,19,22). The predicted molar refractivity (Wildman–Crippen MR) is 89.5 cm³/mol. The van der Waals surface area contributed by atoms with E-state index in [-0.39, 0.29) is 31.9 Å². The van der Waals surface area contributed by atoms with Gasteiger partial charge in [0.05, 0.1) is 26.1 Å². The van der Waals surface area contributed by atoms with E-state index in [4.69, 9.17) is 34.8 Å². The smallest absolute Gasteiger partial charge is 0.267 e. The van der Waals surface area contributed by atoms with E-state index in [0.29, 0.717) is 0 Å². The van der Waals surface area contributed by atoms with Gasteiger partial charge in [-0.25, -0.2) is 0 Å². The van der Waals surface area contributed by atoms with E-state index in [1.54, 1.807) is 0 Å². The highest BCUT2D eigenvalue weighted by atomic mass is 35.5. The highest BCUT2D eigenvalue weighted by Crippen LogP contribution is 2.22. The second kappa shape index (κ2) is 7.48. The molecular weight excluding hydrogens is 381 g/mol. The van der Waals surface area contributed by atoms with E-state index in [1.807, 2.05) is 0 Å². The monoisotopic (exact) mass is 387 g/mol. The Morgan fingerprint density at radius 1 is 0.875 bits per heavy atom. The van der Waals surface area contributed by atoms with E-state index in [2.05, 4.69) is 10.9 Å². The zero-order valence-corrected chi connectivity index (χ0v) is 13.9. The van der Waals surface area contributed by atoms with Gasteiger partial charge in [-0.15, -0.1) is 0 Å². The fourth-order valence-electron chi connectivity index (χ4n) is 1.72. The van der Waals surface area contributed by atoms with Crippen molar-refractivity contribution in [2.45, 2.75) is 0 Å². The Labute approximate surface area is 150 Å². The van der Waals surface area contributed by atoms with Gasteiger partial charge in [-0.2, -0.15) is 0 Å². The van der Waals surface area contributed by atoms with Crippen molar-refractivity contribution < 1.29 is 14.5 Å². The van der Waals surface area contributed by atoms with Gasteiger partial charge in [-0.1, -0.05) is 34.8 Å². The van der Waals surface area contributed by atoms with Crippen LogP contribution in [0.15, 0.2) is 36.4 Å². The SMILES string of the molecule is O=C(NNC(=O)c1cc([N+](=O)[O-])ccc1Cl)c1cc(Cl)ccc1Cl. The number of carbonyl (C=O) groups is 2. The van der Waals surface area contributed by atoms with Crippen molar-refractivity contribution in [2.75, 3.05) is 0 Å². The second-order valence-electron chi connectivity index (χ2n) is 4.45. The van der Waals surface area contributed by atoms with Crippen LogP contribution < -0.4 is 10.9 Å². The quantitative estimate of drug-likeness (QED) is 0.619. The summed E-state index contributed by atoms with van der Waals surface area (Å²) in [6.45, 7) is 0. The van der Waals surface area contributed by atoms with E-state index in [9.17, 15) is 19.7 Å². The van der Waals surface area contributed by atoms with E-state index < -0.39 is 16.7 Å². The van der Waals surface area contributed by atoms with Crippen LogP contribution in [-0.4, -0.2) is 16.7 Å². The molecule has 0 aliphatic carbocycles. The Kier molecular flexibility index (Phi) is 5.61. The van der Waals surface area contributed by atoms with Crippen LogP contribution in [0.3, 0.4) is 0 Å². The Hall–Kier alpha value is -2.35. The summed E-state index contributed by atoms with van der Waals surface area (Å²) in [7, 11) is 0. The van der Waals surface area contributed by atoms with Crippen molar-refractivity contribution in [1.29, 1.82) is 0 Å². The third-order valence-electron chi connectivity index (χ3n) is 2.87. The predicted octanol–water partition coefficient (Wildman–Crippen LogP) is 3.63. The molecule has 2 aromatic carbocycles. The van der Waals surface area contributed by atoms with Crippen LogP contribution in [-0.2, 0) is 0 Å². The molecule has 0 spiro atoms. The Morgan fingerprint density at radius 2 is 1.38 bits per heavy atom. The molecule has 0 atom stereocenters. The molecule has 0 saturated heterocycles. The van der Waals surface area contributed by atoms with Crippen LogP contribution in [0.5, 0.6) is 0 Å². The number of nitro benzene ring substituents is 1. The first-order valence-electron chi connectivity index (χ1n) is 6.29. The van der Waals surface area contributed by atoms with Gasteiger partial charge in [0.25, 0.3) is 17.5 Å². The maximum absolute atomic E-state index is 12.0. The molecule has 0 aliphatic heterocycles. The number of hydrazine groups is 1. The summed E-state index contributed by atoms with van der Waals surface area (Å²) in [4.78, 5) is 34.1. The summed E-state index contributed by atoms with van der Waals surface area (Å²) in [5, 5.41) is 11.2. The van der Waals surface area contributed by atoms with E-state index in [0.717, 1.165) is 12.1 Å². The number of nitro groups is 1. The Bertz CT molecular complexity index is 842. The van der Waals surface area contributed by atoms with Gasteiger partial charge in [0, 0.05) is 17.2 Å². The maximum Gasteiger partial charge on any atom is 0.271 e. The topological polar surface area (TPSA) is 101 Å². The van der Waals surface area contributed by atoms with Gasteiger partial charge < -0.3 is 0 Å². The molecule has 2 amide bonds. The van der Waals surface area contributed by atoms with Gasteiger partial charge in [0.1, 0.15) is 0 Å². The lowest BCUT2D eigenvalue weighted by Gasteiger charge is -2.09. The first-order chi connectivity index (χ1) is 11.3. The number of amides is 2. The lowest BCUT2D eigenvalue weighted by atomic mass is 10.2. The first-order valence-corrected chi connectivity index (χ1v) is 7.42. The lowest BCUT2D eigenvalue weighted by Crippen LogP contribution is -2.41. The van der Waals surface area contributed by atoms with Crippen LogP contribution >= 0.6 is 34.8 Å². The average Bonchev–Trinajstić information content (AvgIpc) is 2.54. The van der Waals surface area contributed by atoms with Crippen molar-refractivity contribution >= 4 is 52.3 Å². The van der Waals surface area contributed by atoms with Gasteiger partial charge in [-0.3, -0.25) is 30.6 Å². The second-order valence-corrected chi connectivity index (χ2v) is 5.70. The van der Waals surface area contributed by atoms with Crippen molar-refractivity contribution in [2.24, 2.45) is 0 Å². The number of benzene rings is 2. The summed E-state index contributed by atoms with van der Waals surface area (Å²) in [5.41, 5.74) is 3.81. The van der Waals surface area contributed by atoms with Crippen molar-refractivity contribution in [3.63, 3.8) is 0 Å². The Balaban J connectivity index is 2.13. The van der Waals surface area contributed by atoms with Crippen LogP contribution in [0.1, 0.15) is 20.7 Å². The third kappa shape index (κ3) is 4.14. The summed E-state index contributed by atoms with van der Waals surface area (Å²) in [6, 6.07) is 7.62. The maximum atomic E-state index is 12.0. The highest BCUT2D eigenvalue weighted by Gasteiger charge is 2.17. The number of hydrogen-bond acceptors (Lipinski definition) is 4. The van der Waals surface area contributed by atoms with Crippen LogP contribution in [0.4, 0.5) is 5.69 Å². The number of rotatable bonds is 3. The number of nitrogens with zero attached hydrogens (tertiary/aromatic N) is 1. The number of halogens is 3. The Morgan fingerprint density at radius 3 is 1.92 bits per heavy atom. The molecule has 0 aromatic heterocycles. The summed E-state index contributed by atoms with van der Waals surface area (Å²) in [5.74, 6) is -1.53. The third-order valence-corrected chi connectivity index (χ3v) is 3.76. The minimum Gasteiger partial charge on any atom is -0.267 e. The molecule has 10 heteroatoms. The summed E-state index contributed by atoms with van der Waals surface area (Å²) >= 11 is 17.5. The molecule has 0 fully saturated rings. The van der Waals surface area contributed by atoms with Gasteiger partial charge in [0.2, 0.25) is 0 Å². The summed E-state index contributed by atoms with van der Waals surface area (Å²) in [6.07, 6.45) is 0. The number of carbonyl (C=O) groups excluding carboxylic acids is 2. The zero-order valence-electron chi connectivity index (χ0n) is 11.7. The molecule has 124 valence electrons. The molecular formula is C14H8Cl3N3O4. The number of non-ortho nitro benzene ring substituents is 1. The average molecular weight is 389 g/mol. The first kappa shape index (κ1) is 18.0. The van der Waals surface area contributed by atoms with Gasteiger partial charge >= 0.3 is 0 Å². The molecule has 0 saturated carbocycles. The minimum atomic E-state index is -0.824. The van der Waals surface area contributed by atoms with Gasteiger partial charge in [0.15, 0.2) is 0 Å². The molecule has 2 aromatic rings. The highest BCUT2D eigenvalue weighted by molar-refractivity contribution is 6.36. The zero-order chi connectivity index (χ0) is 17.9. The summed E-state index contributed by atoms with van der Waals surface area (Å²) < 4.78 is 0. The largest absolute Gasteiger partial charge is 0.271 e. The van der Waals surface area contributed by atoms with Crippen LogP contribution in [0.25, 0.3) is 0 Å². The van der Waals surface area contributed by atoms with Crippen LogP contribution in [0, 0.1) is 10.1 Å². The number of nitrogens with one attached hydrogen (secondary N) is 2. The molecule has 2 N–H and O–H groups in total. The van der Waals surface area contributed by atoms with Crippen LogP contribution in [0.2, 0.25) is 15.1 Å². The molecule has 24 heavy (non-hydrogen) atoms.